The van der Waals surface area contributed by atoms with Gasteiger partial charge in [-0.05, 0) is 12.1 Å². The van der Waals surface area contributed by atoms with E-state index in [0.29, 0.717) is 4.88 Å². The van der Waals surface area contributed by atoms with Crippen molar-refractivity contribution in [3.8, 4) is 0 Å². The molecule has 18 heavy (non-hydrogen) atoms. The van der Waals surface area contributed by atoms with E-state index in [1.54, 1.807) is 13.1 Å². The van der Waals surface area contributed by atoms with Crippen molar-refractivity contribution in [2.45, 2.75) is 0 Å². The minimum atomic E-state index is -0.478. The molecule has 0 unspecified atom stereocenters. The lowest BCUT2D eigenvalue weighted by Gasteiger charge is -2.00. The monoisotopic (exact) mass is 286 g/mol. The average Bonchev–Trinajstić information content (AvgIpc) is 2.86. The third kappa shape index (κ3) is 2.74. The van der Waals surface area contributed by atoms with Crippen LogP contribution in [0.2, 0.25) is 5.02 Å². The Morgan fingerprint density at radius 3 is 3.00 bits per heavy atom. The van der Waals surface area contributed by atoms with Gasteiger partial charge in [0.25, 0.3) is 5.91 Å². The minimum absolute atomic E-state index is 0.214. The molecule has 0 aliphatic rings. The molecule has 0 saturated carbocycles. The molecule has 1 amide bonds. The van der Waals surface area contributed by atoms with Crippen LogP contribution in [0, 0.1) is 5.13 Å². The molecule has 8 heteroatoms. The van der Waals surface area contributed by atoms with Crippen LogP contribution in [-0.4, -0.2) is 21.9 Å². The Hall–Kier alpha value is -1.73. The number of carbonyl (C=O) groups excluding carboxylic acids is 1. The fourth-order valence-corrected chi connectivity index (χ4v) is 2.13. The van der Waals surface area contributed by atoms with Crippen LogP contribution in [0.5, 0.6) is 0 Å². The van der Waals surface area contributed by atoms with Crippen molar-refractivity contribution in [3.63, 3.8) is 0 Å². The highest BCUT2D eigenvalue weighted by Gasteiger charge is 2.14. The fourth-order valence-electron chi connectivity index (χ4n) is 1.27. The number of rotatable bonds is 3. The van der Waals surface area contributed by atoms with Crippen LogP contribution < -0.4 is 5.43 Å². The summed E-state index contributed by atoms with van der Waals surface area (Å²) in [6, 6.07) is 2.89. The molecule has 0 radical (unpaired) electrons. The van der Waals surface area contributed by atoms with Crippen LogP contribution in [0.3, 0.4) is 0 Å². The number of aromatic nitrogens is 2. The number of amides is 1. The van der Waals surface area contributed by atoms with Gasteiger partial charge in [-0.1, -0.05) is 11.6 Å². The maximum atomic E-state index is 12.7. The molecular weight excluding hydrogens is 279 g/mol. The molecule has 0 fully saturated rings. The van der Waals surface area contributed by atoms with E-state index in [4.69, 9.17) is 11.6 Å². The highest BCUT2D eigenvalue weighted by atomic mass is 35.5. The number of thiophene rings is 1. The second kappa shape index (κ2) is 5.28. The standard InChI is InChI=1S/C10H8ClFN4OS/c1-16-9(7(11)5-14-16)10(17)15-13-4-6-2-3-8(12)18-6/h2-5H,1H3,(H,15,17)/b13-4+. The molecule has 0 aliphatic heterocycles. The lowest BCUT2D eigenvalue weighted by molar-refractivity contribution is 0.0946. The zero-order valence-electron chi connectivity index (χ0n) is 9.22. The smallest absolute Gasteiger partial charge is 0.266 e. The lowest BCUT2D eigenvalue weighted by Crippen LogP contribution is -2.21. The number of hydrogen-bond acceptors (Lipinski definition) is 4. The zero-order valence-corrected chi connectivity index (χ0v) is 10.8. The van der Waals surface area contributed by atoms with Crippen LogP contribution in [0.4, 0.5) is 4.39 Å². The SMILES string of the molecule is Cn1ncc(Cl)c1C(=O)N/N=C/c1ccc(F)s1. The maximum absolute atomic E-state index is 12.7. The predicted molar refractivity (Wildman–Crippen MR) is 67.6 cm³/mol. The summed E-state index contributed by atoms with van der Waals surface area (Å²) in [5.74, 6) is -0.478. The summed E-state index contributed by atoms with van der Waals surface area (Å²) in [6.07, 6.45) is 2.73. The largest absolute Gasteiger partial charge is 0.291 e. The van der Waals surface area contributed by atoms with Crippen LogP contribution >= 0.6 is 22.9 Å². The van der Waals surface area contributed by atoms with Gasteiger partial charge < -0.3 is 0 Å². The topological polar surface area (TPSA) is 59.3 Å². The summed E-state index contributed by atoms with van der Waals surface area (Å²) in [6.45, 7) is 0. The van der Waals surface area contributed by atoms with Gasteiger partial charge >= 0.3 is 0 Å². The molecule has 5 nitrogen and oxygen atoms in total. The Labute approximate surface area is 111 Å². The Kier molecular flexibility index (Phi) is 3.73. The van der Waals surface area contributed by atoms with E-state index in [2.05, 4.69) is 15.6 Å². The normalized spacial score (nSPS) is 11.1. The molecule has 0 aliphatic carbocycles. The van der Waals surface area contributed by atoms with Gasteiger partial charge in [-0.15, -0.1) is 11.3 Å². The van der Waals surface area contributed by atoms with Gasteiger partial charge in [-0.3, -0.25) is 9.48 Å². The summed E-state index contributed by atoms with van der Waals surface area (Å²) in [7, 11) is 1.60. The van der Waals surface area contributed by atoms with Crippen LogP contribution in [0.15, 0.2) is 23.4 Å². The van der Waals surface area contributed by atoms with E-state index in [1.165, 1.54) is 23.2 Å². The zero-order chi connectivity index (χ0) is 13.1. The maximum Gasteiger partial charge on any atom is 0.291 e. The fraction of sp³-hybridized carbons (Fsp3) is 0.100. The van der Waals surface area contributed by atoms with Gasteiger partial charge in [0.2, 0.25) is 0 Å². The number of aryl methyl sites for hydroxylation is 1. The van der Waals surface area contributed by atoms with Gasteiger partial charge in [0.05, 0.1) is 22.3 Å². The van der Waals surface area contributed by atoms with Crippen LogP contribution in [0.1, 0.15) is 15.4 Å². The Balaban J connectivity index is 2.03. The van der Waals surface area contributed by atoms with E-state index in [-0.39, 0.29) is 15.8 Å². The minimum Gasteiger partial charge on any atom is -0.266 e. The number of halogens is 2. The van der Waals surface area contributed by atoms with Crippen molar-refractivity contribution in [1.29, 1.82) is 0 Å². The Bertz CT molecular complexity index is 587. The molecule has 94 valence electrons. The van der Waals surface area contributed by atoms with Gasteiger partial charge in [0, 0.05) is 7.05 Å². The molecule has 0 saturated heterocycles. The quantitative estimate of drug-likeness (QED) is 0.693. The molecular formula is C10H8ClFN4OS. The van der Waals surface area contributed by atoms with Gasteiger partial charge in [-0.2, -0.15) is 14.6 Å². The van der Waals surface area contributed by atoms with Gasteiger partial charge in [0.1, 0.15) is 5.69 Å². The van der Waals surface area contributed by atoms with Gasteiger partial charge in [-0.25, -0.2) is 5.43 Å². The number of nitrogens with one attached hydrogen (secondary N) is 1. The molecule has 0 bridgehead atoms. The van der Waals surface area contributed by atoms with E-state index < -0.39 is 5.91 Å². The number of hydrogen-bond donors (Lipinski definition) is 1. The van der Waals surface area contributed by atoms with E-state index >= 15 is 0 Å². The highest BCUT2D eigenvalue weighted by molar-refractivity contribution is 7.12. The van der Waals surface area contributed by atoms with Crippen molar-refractivity contribution in [3.05, 3.63) is 39.1 Å². The van der Waals surface area contributed by atoms with Gasteiger partial charge in [0.15, 0.2) is 5.13 Å². The molecule has 2 rings (SSSR count). The van der Waals surface area contributed by atoms with Crippen molar-refractivity contribution in [1.82, 2.24) is 15.2 Å². The van der Waals surface area contributed by atoms with E-state index in [1.807, 2.05) is 0 Å². The predicted octanol–water partition coefficient (Wildman–Crippen LogP) is 2.04. The van der Waals surface area contributed by atoms with Crippen molar-refractivity contribution >= 4 is 35.1 Å². The molecule has 1 N–H and O–H groups in total. The van der Waals surface area contributed by atoms with E-state index in [0.717, 1.165) is 11.3 Å². The Morgan fingerprint density at radius 1 is 1.67 bits per heavy atom. The first-order chi connectivity index (χ1) is 8.58. The van der Waals surface area contributed by atoms with Crippen molar-refractivity contribution in [2.75, 3.05) is 0 Å². The third-order valence-electron chi connectivity index (χ3n) is 2.06. The van der Waals surface area contributed by atoms with Crippen LogP contribution in [-0.2, 0) is 7.05 Å². The molecule has 2 heterocycles. The van der Waals surface area contributed by atoms with E-state index in [9.17, 15) is 9.18 Å². The molecule has 2 aromatic heterocycles. The summed E-state index contributed by atoms with van der Waals surface area (Å²) in [5, 5.41) is 7.48. The summed E-state index contributed by atoms with van der Waals surface area (Å²) >= 11 is 6.73. The average molecular weight is 287 g/mol. The number of carbonyl (C=O) groups is 1. The first kappa shape index (κ1) is 12.7. The van der Waals surface area contributed by atoms with Crippen LogP contribution in [0.25, 0.3) is 0 Å². The summed E-state index contributed by atoms with van der Waals surface area (Å²) in [4.78, 5) is 12.3. The highest BCUT2D eigenvalue weighted by Crippen LogP contribution is 2.14. The first-order valence-corrected chi connectivity index (χ1v) is 6.03. The second-order valence-electron chi connectivity index (χ2n) is 3.31. The third-order valence-corrected chi connectivity index (χ3v) is 3.15. The summed E-state index contributed by atoms with van der Waals surface area (Å²) < 4.78 is 14.0. The number of nitrogens with zero attached hydrogens (tertiary/aromatic N) is 3. The molecule has 0 spiro atoms. The molecule has 0 aromatic carbocycles. The molecule has 2 aromatic rings. The van der Waals surface area contributed by atoms with Crippen molar-refractivity contribution in [2.24, 2.45) is 12.1 Å². The summed E-state index contributed by atoms with van der Waals surface area (Å²) in [5.41, 5.74) is 2.51. The first-order valence-electron chi connectivity index (χ1n) is 4.84. The lowest BCUT2D eigenvalue weighted by atomic mass is 10.4. The Morgan fingerprint density at radius 2 is 2.44 bits per heavy atom. The number of hydrazone groups is 1. The molecule has 0 atom stereocenters. The van der Waals surface area contributed by atoms with Crippen molar-refractivity contribution < 1.29 is 9.18 Å². The second-order valence-corrected chi connectivity index (χ2v) is 4.78.